The van der Waals surface area contributed by atoms with Crippen LogP contribution in [0.1, 0.15) is 36.8 Å². The second-order valence-electron chi connectivity index (χ2n) is 10.7. The fraction of sp³-hybridized carbons (Fsp3) is 0.357. The van der Waals surface area contributed by atoms with E-state index >= 15 is 0 Å². The standard InChI is InChI=1S/C28H24ClFN2O5/c1-12-9-13(3-8-21(12)33)23-15-5-6-16-22(25(35)31-24(16)34)17(15)11-18-26(36)32(27(37)28(18,23)2)14-4-7-20(30)19(29)10-14/h3-5,7-10,16-18,22-23,33H,6,11H2,1-2H3,(H,31,34,35). The van der Waals surface area contributed by atoms with E-state index in [1.165, 1.54) is 12.1 Å². The fourth-order valence-corrected chi connectivity index (χ4v) is 7.21. The lowest BCUT2D eigenvalue weighted by Crippen LogP contribution is -2.48. The number of rotatable bonds is 2. The van der Waals surface area contributed by atoms with Crippen molar-refractivity contribution >= 4 is 40.9 Å². The third-order valence-corrected chi connectivity index (χ3v) is 9.12. The highest BCUT2D eigenvalue weighted by Gasteiger charge is 2.67. The quantitative estimate of drug-likeness (QED) is 0.458. The molecule has 1 saturated carbocycles. The van der Waals surface area contributed by atoms with Gasteiger partial charge >= 0.3 is 0 Å². The molecule has 6 atom stereocenters. The number of allylic oxidation sites excluding steroid dienone is 2. The van der Waals surface area contributed by atoms with Gasteiger partial charge < -0.3 is 5.11 Å². The van der Waals surface area contributed by atoms with E-state index in [-0.39, 0.29) is 34.7 Å². The highest BCUT2D eigenvalue weighted by atomic mass is 35.5. The number of hydrogen-bond acceptors (Lipinski definition) is 5. The molecule has 2 heterocycles. The molecule has 9 heteroatoms. The smallest absolute Gasteiger partial charge is 0.241 e. The summed E-state index contributed by atoms with van der Waals surface area (Å²) in [4.78, 5) is 54.5. The summed E-state index contributed by atoms with van der Waals surface area (Å²) in [5.74, 6) is -4.99. The number of benzene rings is 2. The predicted octanol–water partition coefficient (Wildman–Crippen LogP) is 4.01. The number of carbonyl (C=O) groups is 4. The van der Waals surface area contributed by atoms with Gasteiger partial charge in [-0.2, -0.15) is 0 Å². The lowest BCUT2D eigenvalue weighted by molar-refractivity contribution is -0.131. The van der Waals surface area contributed by atoms with Gasteiger partial charge in [0.05, 0.1) is 33.9 Å². The van der Waals surface area contributed by atoms with E-state index in [9.17, 15) is 28.7 Å². The number of aromatic hydroxyl groups is 1. The van der Waals surface area contributed by atoms with Crippen LogP contribution in [0, 0.1) is 41.8 Å². The predicted molar refractivity (Wildman–Crippen MR) is 132 cm³/mol. The van der Waals surface area contributed by atoms with Gasteiger partial charge in [-0.15, -0.1) is 0 Å². The molecule has 2 saturated heterocycles. The van der Waals surface area contributed by atoms with E-state index in [1.54, 1.807) is 32.0 Å². The number of aryl methyl sites for hydroxylation is 1. The molecule has 6 unspecified atom stereocenters. The zero-order valence-electron chi connectivity index (χ0n) is 20.1. The van der Waals surface area contributed by atoms with Crippen molar-refractivity contribution < 1.29 is 28.7 Å². The summed E-state index contributed by atoms with van der Waals surface area (Å²) in [7, 11) is 0. The molecule has 0 bridgehead atoms. The van der Waals surface area contributed by atoms with Gasteiger partial charge in [0.15, 0.2) is 0 Å². The van der Waals surface area contributed by atoms with Crippen LogP contribution in [0.5, 0.6) is 5.75 Å². The van der Waals surface area contributed by atoms with Crippen molar-refractivity contribution in [2.45, 2.75) is 32.6 Å². The Morgan fingerprint density at radius 1 is 1.08 bits per heavy atom. The molecular formula is C28H24ClFN2O5. The molecule has 4 amide bonds. The summed E-state index contributed by atoms with van der Waals surface area (Å²) in [6, 6.07) is 8.82. The minimum Gasteiger partial charge on any atom is -0.508 e. The first-order valence-electron chi connectivity index (χ1n) is 12.2. The molecule has 0 spiro atoms. The van der Waals surface area contributed by atoms with Gasteiger partial charge in [0, 0.05) is 5.92 Å². The number of phenolic OH excluding ortho intramolecular Hbond substituents is 1. The maximum atomic E-state index is 14.2. The molecule has 7 nitrogen and oxygen atoms in total. The maximum Gasteiger partial charge on any atom is 0.241 e. The Kier molecular flexibility index (Phi) is 5.15. The number of amides is 4. The second kappa shape index (κ2) is 7.99. The minimum atomic E-state index is -1.21. The lowest BCUT2D eigenvalue weighted by atomic mass is 9.51. The minimum absolute atomic E-state index is 0.104. The van der Waals surface area contributed by atoms with Crippen molar-refractivity contribution in [1.29, 1.82) is 0 Å². The van der Waals surface area contributed by atoms with Crippen molar-refractivity contribution in [2.75, 3.05) is 4.90 Å². The van der Waals surface area contributed by atoms with Crippen molar-refractivity contribution in [1.82, 2.24) is 5.32 Å². The average molecular weight is 523 g/mol. The Morgan fingerprint density at radius 2 is 1.84 bits per heavy atom. The normalized spacial score (nSPS) is 32.6. The number of fused-ring (bicyclic) bond motifs is 4. The van der Waals surface area contributed by atoms with Crippen LogP contribution in [-0.4, -0.2) is 28.7 Å². The first kappa shape index (κ1) is 23.9. The van der Waals surface area contributed by atoms with Crippen LogP contribution in [0.15, 0.2) is 48.0 Å². The average Bonchev–Trinajstić information content (AvgIpc) is 3.25. The molecule has 2 aliphatic carbocycles. The van der Waals surface area contributed by atoms with Crippen LogP contribution < -0.4 is 10.2 Å². The van der Waals surface area contributed by atoms with Gasteiger partial charge in [0.2, 0.25) is 23.6 Å². The first-order valence-corrected chi connectivity index (χ1v) is 12.6. The van der Waals surface area contributed by atoms with E-state index in [2.05, 4.69) is 5.32 Å². The van der Waals surface area contributed by atoms with Crippen molar-refractivity contribution in [3.63, 3.8) is 0 Å². The van der Waals surface area contributed by atoms with Crippen LogP contribution in [0.3, 0.4) is 0 Å². The number of phenols is 1. The highest BCUT2D eigenvalue weighted by Crippen LogP contribution is 2.63. The molecule has 37 heavy (non-hydrogen) atoms. The van der Waals surface area contributed by atoms with Gasteiger partial charge in [0.1, 0.15) is 11.6 Å². The van der Waals surface area contributed by atoms with Crippen LogP contribution in [0.25, 0.3) is 0 Å². The molecule has 6 rings (SSSR count). The summed E-state index contributed by atoms with van der Waals surface area (Å²) >= 11 is 5.99. The van der Waals surface area contributed by atoms with Gasteiger partial charge in [0.25, 0.3) is 0 Å². The van der Waals surface area contributed by atoms with Gasteiger partial charge in [-0.3, -0.25) is 24.5 Å². The molecule has 2 aliphatic heterocycles. The van der Waals surface area contributed by atoms with E-state index < -0.39 is 52.6 Å². The summed E-state index contributed by atoms with van der Waals surface area (Å²) < 4.78 is 13.9. The van der Waals surface area contributed by atoms with Crippen LogP contribution in [0.4, 0.5) is 10.1 Å². The third kappa shape index (κ3) is 3.18. The number of imide groups is 2. The van der Waals surface area contributed by atoms with Crippen molar-refractivity contribution in [3.8, 4) is 5.75 Å². The summed E-state index contributed by atoms with van der Waals surface area (Å²) in [5.41, 5.74) is 1.18. The Hall–Kier alpha value is -3.52. The van der Waals surface area contributed by atoms with Gasteiger partial charge in [-0.1, -0.05) is 35.4 Å². The molecule has 0 aromatic heterocycles. The summed E-state index contributed by atoms with van der Waals surface area (Å²) in [6.45, 7) is 3.51. The zero-order chi connectivity index (χ0) is 26.4. The summed E-state index contributed by atoms with van der Waals surface area (Å²) in [6.07, 6.45) is 2.54. The number of anilines is 1. The maximum absolute atomic E-state index is 14.2. The zero-order valence-corrected chi connectivity index (χ0v) is 20.9. The molecule has 190 valence electrons. The number of hydrogen-bond donors (Lipinski definition) is 2. The topological polar surface area (TPSA) is 104 Å². The molecule has 4 aliphatic rings. The van der Waals surface area contributed by atoms with Crippen LogP contribution in [-0.2, 0) is 19.2 Å². The van der Waals surface area contributed by atoms with E-state index in [4.69, 9.17) is 11.6 Å². The molecule has 0 radical (unpaired) electrons. The Labute approximate surface area is 217 Å². The van der Waals surface area contributed by atoms with E-state index in [0.717, 1.165) is 22.1 Å². The first-order chi connectivity index (χ1) is 17.5. The number of halogens is 2. The van der Waals surface area contributed by atoms with E-state index in [1.807, 2.05) is 6.08 Å². The van der Waals surface area contributed by atoms with Crippen LogP contribution in [0.2, 0.25) is 5.02 Å². The van der Waals surface area contributed by atoms with Crippen LogP contribution >= 0.6 is 11.6 Å². The Bertz CT molecular complexity index is 1450. The third-order valence-electron chi connectivity index (χ3n) is 8.83. The number of nitrogens with one attached hydrogen (secondary N) is 1. The molecule has 2 aromatic rings. The fourth-order valence-electron chi connectivity index (χ4n) is 7.03. The van der Waals surface area contributed by atoms with Crippen molar-refractivity contribution in [3.05, 3.63) is 70.0 Å². The van der Waals surface area contributed by atoms with Crippen molar-refractivity contribution in [2.24, 2.45) is 29.1 Å². The SMILES string of the molecule is Cc1cc(C2C3=CCC4C(=O)NC(=O)C4C3CC3C(=O)N(c4ccc(F)c(Cl)c4)C(=O)C32C)ccc1O. The molecule has 2 aromatic carbocycles. The second-order valence-corrected chi connectivity index (χ2v) is 11.1. The Morgan fingerprint density at radius 3 is 2.54 bits per heavy atom. The summed E-state index contributed by atoms with van der Waals surface area (Å²) in [5, 5.41) is 12.4. The Balaban J connectivity index is 1.54. The molecular weight excluding hydrogens is 499 g/mol. The number of nitrogens with zero attached hydrogens (tertiary/aromatic N) is 1. The largest absolute Gasteiger partial charge is 0.508 e. The monoisotopic (exact) mass is 522 g/mol. The lowest BCUT2D eigenvalue weighted by Gasteiger charge is -2.49. The number of carbonyl (C=O) groups excluding carboxylic acids is 4. The van der Waals surface area contributed by atoms with Gasteiger partial charge in [-0.05, 0) is 68.0 Å². The van der Waals surface area contributed by atoms with Gasteiger partial charge in [-0.25, -0.2) is 9.29 Å². The molecule has 3 fully saturated rings. The van der Waals surface area contributed by atoms with E-state index in [0.29, 0.717) is 12.0 Å². The highest BCUT2D eigenvalue weighted by molar-refractivity contribution is 6.31. The molecule has 2 N–H and O–H groups in total.